The molecule has 54 valence electrons. The number of rotatable bonds is 1. The largest absolute Gasteiger partial charge is 0.349 e. The molecule has 1 aromatic heterocycles. The third-order valence-electron chi connectivity index (χ3n) is 0.997. The van der Waals surface area contributed by atoms with E-state index in [-0.39, 0.29) is 5.69 Å². The Labute approximate surface area is 57.7 Å². The van der Waals surface area contributed by atoms with Gasteiger partial charge >= 0.3 is 5.69 Å². The molecule has 0 spiro atoms. The average molecular weight is 140 g/mol. The van der Waals surface area contributed by atoms with Gasteiger partial charge in [0.2, 0.25) is 5.95 Å². The number of aromatic nitrogens is 3. The highest BCUT2D eigenvalue weighted by Gasteiger charge is 1.94. The highest BCUT2D eigenvalue weighted by Crippen LogP contribution is 1.92. The van der Waals surface area contributed by atoms with Crippen LogP contribution in [0.4, 0.5) is 5.95 Å². The Morgan fingerprint density at radius 1 is 1.50 bits per heavy atom. The lowest BCUT2D eigenvalue weighted by molar-refractivity contribution is 0.921. The van der Waals surface area contributed by atoms with Crippen LogP contribution in [-0.2, 0) is 0 Å². The van der Waals surface area contributed by atoms with E-state index in [0.717, 1.165) is 0 Å². The topological polar surface area (TPSA) is 61.9 Å². The Morgan fingerprint density at radius 3 is 2.60 bits per heavy atom. The fourth-order valence-electron chi connectivity index (χ4n) is 0.523. The molecule has 0 aliphatic rings. The summed E-state index contributed by atoms with van der Waals surface area (Å²) in [7, 11) is 3.58. The van der Waals surface area contributed by atoms with E-state index in [9.17, 15) is 4.79 Å². The molecule has 1 aromatic rings. The summed E-state index contributed by atoms with van der Waals surface area (Å²) in [6.07, 6.45) is 1.23. The third-order valence-corrected chi connectivity index (χ3v) is 0.997. The van der Waals surface area contributed by atoms with Crippen molar-refractivity contribution >= 4 is 5.95 Å². The van der Waals surface area contributed by atoms with Gasteiger partial charge in [0, 0.05) is 14.1 Å². The molecule has 0 fully saturated rings. The minimum Gasteiger partial charge on any atom is -0.348 e. The van der Waals surface area contributed by atoms with Gasteiger partial charge in [-0.3, -0.25) is 4.98 Å². The fraction of sp³-hybridized carbons (Fsp3) is 0.400. The maximum Gasteiger partial charge on any atom is 0.349 e. The molecule has 0 unspecified atom stereocenters. The van der Waals surface area contributed by atoms with Crippen LogP contribution in [0.3, 0.4) is 0 Å². The summed E-state index contributed by atoms with van der Waals surface area (Å²) in [5.74, 6) is 0.514. The molecule has 0 atom stereocenters. The molecule has 1 rings (SSSR count). The van der Waals surface area contributed by atoms with Crippen LogP contribution in [0.15, 0.2) is 11.1 Å². The molecule has 0 radical (unpaired) electrons. The molecule has 5 nitrogen and oxygen atoms in total. The van der Waals surface area contributed by atoms with Gasteiger partial charge in [0.15, 0.2) is 0 Å². The molecule has 0 saturated carbocycles. The maximum atomic E-state index is 10.6. The molecular formula is C5H8N4O. The van der Waals surface area contributed by atoms with E-state index < -0.39 is 0 Å². The monoisotopic (exact) mass is 140 g/mol. The third kappa shape index (κ3) is 1.31. The highest BCUT2D eigenvalue weighted by atomic mass is 16.1. The minimum absolute atomic E-state index is 0.376. The SMILES string of the molecule is CN(C)c1ncnc(=O)[nH]1. The first-order chi connectivity index (χ1) is 4.70. The molecular weight excluding hydrogens is 132 g/mol. The van der Waals surface area contributed by atoms with E-state index in [1.165, 1.54) is 6.33 Å². The molecule has 10 heavy (non-hydrogen) atoms. The molecule has 1 N–H and O–H groups in total. The predicted molar refractivity (Wildman–Crippen MR) is 37.0 cm³/mol. The van der Waals surface area contributed by atoms with Gasteiger partial charge in [0.05, 0.1) is 0 Å². The number of nitrogens with zero attached hydrogens (tertiary/aromatic N) is 3. The van der Waals surface area contributed by atoms with E-state index in [0.29, 0.717) is 5.95 Å². The van der Waals surface area contributed by atoms with Crippen molar-refractivity contribution in [1.82, 2.24) is 15.0 Å². The van der Waals surface area contributed by atoms with Gasteiger partial charge < -0.3 is 4.90 Å². The zero-order chi connectivity index (χ0) is 7.56. The Balaban J connectivity index is 3.07. The van der Waals surface area contributed by atoms with Crippen molar-refractivity contribution < 1.29 is 0 Å². The Kier molecular flexibility index (Phi) is 1.66. The number of anilines is 1. The molecule has 0 aromatic carbocycles. The maximum absolute atomic E-state index is 10.6. The van der Waals surface area contributed by atoms with Gasteiger partial charge in [-0.15, -0.1) is 0 Å². The normalized spacial score (nSPS) is 9.40. The zero-order valence-corrected chi connectivity index (χ0v) is 5.83. The Bertz CT molecular complexity index is 266. The number of hydrogen-bond acceptors (Lipinski definition) is 4. The second kappa shape index (κ2) is 2.47. The molecule has 0 aliphatic heterocycles. The summed E-state index contributed by atoms with van der Waals surface area (Å²) >= 11 is 0. The lowest BCUT2D eigenvalue weighted by Gasteiger charge is -2.07. The van der Waals surface area contributed by atoms with Crippen molar-refractivity contribution in [1.29, 1.82) is 0 Å². The zero-order valence-electron chi connectivity index (χ0n) is 5.83. The van der Waals surface area contributed by atoms with Crippen LogP contribution in [0.25, 0.3) is 0 Å². The van der Waals surface area contributed by atoms with Crippen LogP contribution >= 0.6 is 0 Å². The summed E-state index contributed by atoms with van der Waals surface area (Å²) in [5.41, 5.74) is -0.376. The smallest absolute Gasteiger partial charge is 0.348 e. The van der Waals surface area contributed by atoms with Gasteiger partial charge in [0.1, 0.15) is 6.33 Å². The summed E-state index contributed by atoms with van der Waals surface area (Å²) in [5, 5.41) is 0. The number of aromatic amines is 1. The summed E-state index contributed by atoms with van der Waals surface area (Å²) < 4.78 is 0. The molecule has 1 heterocycles. The fourth-order valence-corrected chi connectivity index (χ4v) is 0.523. The van der Waals surface area contributed by atoms with Gasteiger partial charge in [-0.1, -0.05) is 0 Å². The second-order valence-electron chi connectivity index (χ2n) is 2.02. The van der Waals surface area contributed by atoms with Crippen LogP contribution in [0.5, 0.6) is 0 Å². The molecule has 5 heteroatoms. The molecule has 0 aliphatic carbocycles. The van der Waals surface area contributed by atoms with Crippen molar-refractivity contribution in [3.05, 3.63) is 16.8 Å². The first-order valence-corrected chi connectivity index (χ1v) is 2.79. The lowest BCUT2D eigenvalue weighted by Crippen LogP contribution is -2.19. The van der Waals surface area contributed by atoms with E-state index >= 15 is 0 Å². The molecule has 0 bridgehead atoms. The van der Waals surface area contributed by atoms with Crippen molar-refractivity contribution in [3.8, 4) is 0 Å². The van der Waals surface area contributed by atoms with Crippen LogP contribution < -0.4 is 10.6 Å². The first-order valence-electron chi connectivity index (χ1n) is 2.79. The number of H-pyrrole nitrogens is 1. The van der Waals surface area contributed by atoms with E-state index in [1.54, 1.807) is 19.0 Å². The Morgan fingerprint density at radius 2 is 2.20 bits per heavy atom. The standard InChI is InChI=1S/C5H8N4O/c1-9(2)4-6-3-7-5(10)8-4/h3H,1-2H3,(H,6,7,8,10). The van der Waals surface area contributed by atoms with Gasteiger partial charge in [-0.05, 0) is 0 Å². The van der Waals surface area contributed by atoms with E-state index in [1.807, 2.05) is 0 Å². The van der Waals surface area contributed by atoms with Crippen LogP contribution in [-0.4, -0.2) is 29.0 Å². The summed E-state index contributed by atoms with van der Waals surface area (Å²) in [4.78, 5) is 21.9. The predicted octanol–water partition coefficient (Wildman–Crippen LogP) is -0.769. The number of hydrogen-bond donors (Lipinski definition) is 1. The minimum atomic E-state index is -0.376. The van der Waals surface area contributed by atoms with Crippen LogP contribution in [0.2, 0.25) is 0 Å². The van der Waals surface area contributed by atoms with Crippen molar-refractivity contribution in [2.75, 3.05) is 19.0 Å². The van der Waals surface area contributed by atoms with Crippen molar-refractivity contribution in [2.24, 2.45) is 0 Å². The van der Waals surface area contributed by atoms with Gasteiger partial charge in [-0.25, -0.2) is 9.78 Å². The highest BCUT2D eigenvalue weighted by molar-refractivity contribution is 5.22. The first kappa shape index (κ1) is 6.73. The summed E-state index contributed by atoms with van der Waals surface area (Å²) in [6, 6.07) is 0. The van der Waals surface area contributed by atoms with Crippen LogP contribution in [0, 0.1) is 0 Å². The molecule has 0 amide bonds. The van der Waals surface area contributed by atoms with E-state index in [2.05, 4.69) is 15.0 Å². The molecule has 0 saturated heterocycles. The van der Waals surface area contributed by atoms with Crippen LogP contribution in [0.1, 0.15) is 0 Å². The van der Waals surface area contributed by atoms with E-state index in [4.69, 9.17) is 0 Å². The average Bonchev–Trinajstić information content (AvgIpc) is 1.88. The second-order valence-corrected chi connectivity index (χ2v) is 2.02. The lowest BCUT2D eigenvalue weighted by atomic mass is 10.8. The van der Waals surface area contributed by atoms with Crippen molar-refractivity contribution in [3.63, 3.8) is 0 Å². The van der Waals surface area contributed by atoms with Crippen molar-refractivity contribution in [2.45, 2.75) is 0 Å². The quantitative estimate of drug-likeness (QED) is 0.556. The van der Waals surface area contributed by atoms with Gasteiger partial charge in [-0.2, -0.15) is 4.98 Å². The Hall–Kier alpha value is -1.39. The van der Waals surface area contributed by atoms with Gasteiger partial charge in [0.25, 0.3) is 0 Å². The summed E-state index contributed by atoms with van der Waals surface area (Å²) in [6.45, 7) is 0. The number of nitrogens with one attached hydrogen (secondary N) is 1.